The Morgan fingerprint density at radius 3 is 2.83 bits per heavy atom. The first-order valence-corrected chi connectivity index (χ1v) is 7.67. The van der Waals surface area contributed by atoms with Crippen molar-refractivity contribution in [1.29, 1.82) is 0 Å². The molecular formula is C16H18N4O4. The number of likely N-dealkylation sites (tertiary alicyclic amines) is 1. The molecule has 1 fully saturated rings. The fourth-order valence-electron chi connectivity index (χ4n) is 3.14. The minimum absolute atomic E-state index is 0.0842. The summed E-state index contributed by atoms with van der Waals surface area (Å²) in [5.41, 5.74) is 1.73. The summed E-state index contributed by atoms with van der Waals surface area (Å²) in [5.74, 6) is -0.721. The van der Waals surface area contributed by atoms with Crippen molar-refractivity contribution in [2.45, 2.75) is 25.8 Å². The van der Waals surface area contributed by atoms with Gasteiger partial charge in [0.2, 0.25) is 0 Å². The Hall–Kier alpha value is -2.90. The molecular weight excluding hydrogens is 312 g/mol. The van der Waals surface area contributed by atoms with Gasteiger partial charge in [-0.1, -0.05) is 0 Å². The second-order valence-electron chi connectivity index (χ2n) is 5.93. The van der Waals surface area contributed by atoms with Gasteiger partial charge in [0.05, 0.1) is 17.2 Å². The average Bonchev–Trinajstić information content (AvgIpc) is 3.14. The number of nitrogens with zero attached hydrogens (tertiary/aromatic N) is 4. The largest absolute Gasteiger partial charge is 0.502 e. The van der Waals surface area contributed by atoms with Gasteiger partial charge < -0.3 is 10.0 Å². The molecule has 0 saturated carbocycles. The van der Waals surface area contributed by atoms with E-state index >= 15 is 0 Å². The van der Waals surface area contributed by atoms with Crippen LogP contribution in [0.3, 0.4) is 0 Å². The van der Waals surface area contributed by atoms with E-state index in [4.69, 9.17) is 0 Å². The van der Waals surface area contributed by atoms with Gasteiger partial charge in [-0.2, -0.15) is 5.10 Å². The summed E-state index contributed by atoms with van der Waals surface area (Å²) >= 11 is 0. The van der Waals surface area contributed by atoms with Crippen molar-refractivity contribution in [2.24, 2.45) is 7.05 Å². The zero-order valence-electron chi connectivity index (χ0n) is 13.5. The molecule has 1 aromatic heterocycles. The third-order valence-electron chi connectivity index (χ3n) is 4.56. The lowest BCUT2D eigenvalue weighted by molar-refractivity contribution is -0.385. The number of hydrogen-bond acceptors (Lipinski definition) is 5. The van der Waals surface area contributed by atoms with Crippen LogP contribution >= 0.6 is 0 Å². The van der Waals surface area contributed by atoms with E-state index in [1.807, 2.05) is 14.0 Å². The fraction of sp³-hybridized carbons (Fsp3) is 0.375. The Bertz CT molecular complexity index is 814. The molecule has 2 heterocycles. The molecule has 8 nitrogen and oxygen atoms in total. The van der Waals surface area contributed by atoms with E-state index in [9.17, 15) is 20.0 Å². The van der Waals surface area contributed by atoms with Gasteiger partial charge in [-0.3, -0.25) is 19.6 Å². The summed E-state index contributed by atoms with van der Waals surface area (Å²) in [5, 5.41) is 24.7. The molecule has 1 aliphatic heterocycles. The number of hydrogen-bond donors (Lipinski definition) is 1. The number of aromatic nitrogens is 2. The van der Waals surface area contributed by atoms with Gasteiger partial charge in [0.15, 0.2) is 5.75 Å². The van der Waals surface area contributed by atoms with Crippen LogP contribution in [0.2, 0.25) is 0 Å². The van der Waals surface area contributed by atoms with Crippen molar-refractivity contribution in [1.82, 2.24) is 14.7 Å². The van der Waals surface area contributed by atoms with Gasteiger partial charge in [0, 0.05) is 36.5 Å². The van der Waals surface area contributed by atoms with E-state index in [1.165, 1.54) is 12.1 Å². The molecule has 1 saturated heterocycles. The Morgan fingerprint density at radius 1 is 1.46 bits per heavy atom. The topological polar surface area (TPSA) is 102 Å². The van der Waals surface area contributed by atoms with Crippen LogP contribution in [0.4, 0.5) is 5.69 Å². The van der Waals surface area contributed by atoms with E-state index in [0.29, 0.717) is 6.54 Å². The molecule has 8 heteroatoms. The highest BCUT2D eigenvalue weighted by atomic mass is 16.6. The number of carbonyl (C=O) groups excluding carboxylic acids is 1. The quantitative estimate of drug-likeness (QED) is 0.687. The van der Waals surface area contributed by atoms with Crippen LogP contribution in [0.1, 0.15) is 40.5 Å². The highest BCUT2D eigenvalue weighted by Crippen LogP contribution is 2.35. The van der Waals surface area contributed by atoms with Crippen molar-refractivity contribution in [3.8, 4) is 5.75 Å². The number of nitro groups is 1. The molecule has 0 spiro atoms. The van der Waals surface area contributed by atoms with Crippen LogP contribution in [0.5, 0.6) is 5.75 Å². The monoisotopic (exact) mass is 330 g/mol. The highest BCUT2D eigenvalue weighted by molar-refractivity contribution is 5.95. The number of aromatic hydroxyl groups is 1. The maximum absolute atomic E-state index is 12.8. The van der Waals surface area contributed by atoms with Gasteiger partial charge in [-0.05, 0) is 31.9 Å². The summed E-state index contributed by atoms with van der Waals surface area (Å²) in [6.45, 7) is 2.54. The number of amides is 1. The van der Waals surface area contributed by atoms with Crippen molar-refractivity contribution in [2.75, 3.05) is 6.54 Å². The predicted octanol–water partition coefficient (Wildman–Crippen LogP) is 2.32. The molecule has 1 atom stereocenters. The number of phenols is 1. The van der Waals surface area contributed by atoms with E-state index in [2.05, 4.69) is 5.10 Å². The lowest BCUT2D eigenvalue weighted by Crippen LogP contribution is -2.30. The van der Waals surface area contributed by atoms with Crippen molar-refractivity contribution in [3.63, 3.8) is 0 Å². The predicted molar refractivity (Wildman–Crippen MR) is 85.7 cm³/mol. The van der Waals surface area contributed by atoms with E-state index < -0.39 is 16.4 Å². The third-order valence-corrected chi connectivity index (χ3v) is 4.56. The SMILES string of the molecule is Cc1c(C2CCCN2C(=O)c2ccc(O)c([N+](=O)[O-])c2)cnn1C. The van der Waals surface area contributed by atoms with Crippen LogP contribution in [0.15, 0.2) is 24.4 Å². The molecule has 24 heavy (non-hydrogen) atoms. The summed E-state index contributed by atoms with van der Waals surface area (Å²) in [7, 11) is 1.85. The molecule has 1 unspecified atom stereocenters. The van der Waals surface area contributed by atoms with Crippen LogP contribution in [0.25, 0.3) is 0 Å². The van der Waals surface area contributed by atoms with Gasteiger partial charge in [0.25, 0.3) is 5.91 Å². The number of rotatable bonds is 3. The first-order valence-electron chi connectivity index (χ1n) is 7.67. The lowest BCUT2D eigenvalue weighted by atomic mass is 10.0. The molecule has 1 aromatic carbocycles. The minimum atomic E-state index is -0.696. The van der Waals surface area contributed by atoms with Gasteiger partial charge in [-0.15, -0.1) is 0 Å². The molecule has 0 bridgehead atoms. The number of benzene rings is 1. The first kappa shape index (κ1) is 16.0. The van der Waals surface area contributed by atoms with Crippen molar-refractivity contribution < 1.29 is 14.8 Å². The maximum atomic E-state index is 12.8. The number of aryl methyl sites for hydroxylation is 1. The Morgan fingerprint density at radius 2 is 2.21 bits per heavy atom. The standard InChI is InChI=1S/C16H18N4O4/c1-10-12(9-17-18(10)2)13-4-3-7-19(13)16(22)11-5-6-15(21)14(8-11)20(23)24/h5-6,8-9,13,21H,3-4,7H2,1-2H3. The van der Waals surface area contributed by atoms with Crippen LogP contribution < -0.4 is 0 Å². The first-order chi connectivity index (χ1) is 11.4. The molecule has 1 N–H and O–H groups in total. The molecule has 1 aliphatic rings. The zero-order chi connectivity index (χ0) is 17.4. The van der Waals surface area contributed by atoms with Gasteiger partial charge in [-0.25, -0.2) is 0 Å². The minimum Gasteiger partial charge on any atom is -0.502 e. The Kier molecular flexibility index (Phi) is 3.96. The Balaban J connectivity index is 1.93. The average molecular weight is 330 g/mol. The third kappa shape index (κ3) is 2.60. The smallest absolute Gasteiger partial charge is 0.311 e. The number of carbonyl (C=O) groups is 1. The van der Waals surface area contributed by atoms with Crippen molar-refractivity contribution in [3.05, 3.63) is 51.3 Å². The molecule has 2 aromatic rings. The maximum Gasteiger partial charge on any atom is 0.311 e. The summed E-state index contributed by atoms with van der Waals surface area (Å²) < 4.78 is 1.77. The number of phenolic OH excluding ortho intramolecular Hbond substituents is 1. The van der Waals surface area contributed by atoms with Crippen LogP contribution in [0, 0.1) is 17.0 Å². The van der Waals surface area contributed by atoms with Crippen LogP contribution in [-0.4, -0.2) is 37.2 Å². The fourth-order valence-corrected chi connectivity index (χ4v) is 3.14. The van der Waals surface area contributed by atoms with Crippen LogP contribution in [-0.2, 0) is 7.05 Å². The van der Waals surface area contributed by atoms with E-state index in [1.54, 1.807) is 15.8 Å². The number of nitro benzene ring substituents is 1. The zero-order valence-corrected chi connectivity index (χ0v) is 13.5. The summed E-state index contributed by atoms with van der Waals surface area (Å²) in [6.07, 6.45) is 3.47. The molecule has 126 valence electrons. The molecule has 0 aliphatic carbocycles. The lowest BCUT2D eigenvalue weighted by Gasteiger charge is -2.24. The van der Waals surface area contributed by atoms with E-state index in [-0.39, 0.29) is 17.5 Å². The summed E-state index contributed by atoms with van der Waals surface area (Å²) in [6, 6.07) is 3.64. The normalized spacial score (nSPS) is 17.2. The second kappa shape index (κ2) is 5.95. The highest BCUT2D eigenvalue weighted by Gasteiger charge is 2.33. The second-order valence-corrected chi connectivity index (χ2v) is 5.93. The molecule has 3 rings (SSSR count). The van der Waals surface area contributed by atoms with Gasteiger partial charge >= 0.3 is 5.69 Å². The summed E-state index contributed by atoms with van der Waals surface area (Å²) in [4.78, 5) is 24.8. The van der Waals surface area contributed by atoms with Crippen molar-refractivity contribution >= 4 is 11.6 Å². The van der Waals surface area contributed by atoms with Gasteiger partial charge in [0.1, 0.15) is 0 Å². The molecule has 1 amide bonds. The Labute approximate surface area is 138 Å². The van der Waals surface area contributed by atoms with E-state index in [0.717, 1.165) is 30.2 Å². The molecule has 0 radical (unpaired) electrons.